The Labute approximate surface area is 150 Å². The van der Waals surface area contributed by atoms with E-state index in [1.54, 1.807) is 6.07 Å². The Balaban J connectivity index is 0.000000475. The van der Waals surface area contributed by atoms with Gasteiger partial charge in [-0.2, -0.15) is 0 Å². The molecular formula is C22H23FO2. The van der Waals surface area contributed by atoms with Gasteiger partial charge in [0.05, 0.1) is 5.56 Å². The molecule has 2 aromatic rings. The van der Waals surface area contributed by atoms with E-state index in [1.807, 2.05) is 0 Å². The molecule has 2 radical (unpaired) electrons. The van der Waals surface area contributed by atoms with Crippen molar-refractivity contribution in [2.75, 3.05) is 0 Å². The minimum atomic E-state index is -0.502. The standard InChI is InChI=1S/C13H15O.C9H7FO.H/c1-3-13(14)6-4-5-12-9-7-11(2)8-10-12;1-2-9(11)7-5-3-4-6-8(7)10;/h1,3,7-10H,4-6H2,2H3;2-6H,1H2;. The summed E-state index contributed by atoms with van der Waals surface area (Å²) in [6.07, 6.45) is 4.60. The number of halogens is 1. The Morgan fingerprint density at radius 1 is 1.16 bits per heavy atom. The van der Waals surface area contributed by atoms with E-state index in [0.717, 1.165) is 25.0 Å². The third-order valence-corrected chi connectivity index (χ3v) is 3.52. The number of aryl methyl sites for hydroxylation is 2. The number of allylic oxidation sites excluding steroid dienone is 2. The maximum Gasteiger partial charge on any atom is 0.188 e. The molecule has 0 N–H and O–H groups in total. The van der Waals surface area contributed by atoms with Crippen molar-refractivity contribution < 1.29 is 15.4 Å². The highest BCUT2D eigenvalue weighted by molar-refractivity contribution is 6.04. The van der Waals surface area contributed by atoms with E-state index in [4.69, 9.17) is 6.58 Å². The highest BCUT2D eigenvalue weighted by Crippen LogP contribution is 2.08. The van der Waals surface area contributed by atoms with Crippen molar-refractivity contribution in [3.8, 4) is 0 Å². The molecule has 3 heteroatoms. The number of rotatable bonds is 7. The zero-order chi connectivity index (χ0) is 18.7. The Morgan fingerprint density at radius 3 is 2.36 bits per heavy atom. The predicted molar refractivity (Wildman–Crippen MR) is 100 cm³/mol. The maximum absolute atomic E-state index is 12.8. The molecule has 0 atom stereocenters. The molecule has 2 aromatic carbocycles. The van der Waals surface area contributed by atoms with Crippen molar-refractivity contribution in [3.63, 3.8) is 0 Å². The SMILES string of the molecule is C=CC(=O)c1ccccc1F.[CH]=CC(=O)CCCc1ccc(C)cc1.[H]. The molecule has 0 amide bonds. The predicted octanol–water partition coefficient (Wildman–Crippen LogP) is 5.18. The van der Waals surface area contributed by atoms with Crippen molar-refractivity contribution >= 4 is 11.6 Å². The van der Waals surface area contributed by atoms with Gasteiger partial charge in [-0.15, -0.1) is 0 Å². The molecule has 0 saturated heterocycles. The molecule has 0 aliphatic carbocycles. The molecule has 0 aliphatic rings. The van der Waals surface area contributed by atoms with Gasteiger partial charge in [-0.05, 0) is 49.6 Å². The molecule has 0 fully saturated rings. The van der Waals surface area contributed by atoms with Crippen molar-refractivity contribution in [1.29, 1.82) is 0 Å². The Hall–Kier alpha value is -2.81. The number of benzene rings is 2. The summed E-state index contributed by atoms with van der Waals surface area (Å²) in [5.41, 5.74) is 2.61. The van der Waals surface area contributed by atoms with E-state index in [1.165, 1.54) is 29.3 Å². The first kappa shape index (κ1) is 20.2. The first-order valence-corrected chi connectivity index (χ1v) is 8.02. The number of hydrogen-bond donors (Lipinski definition) is 0. The summed E-state index contributed by atoms with van der Waals surface area (Å²) in [5, 5.41) is 0. The fourth-order valence-electron chi connectivity index (χ4n) is 2.08. The Bertz CT molecular complexity index is 736. The topological polar surface area (TPSA) is 34.1 Å². The highest BCUT2D eigenvalue weighted by Gasteiger charge is 2.05. The molecule has 0 heterocycles. The van der Waals surface area contributed by atoms with E-state index in [9.17, 15) is 14.0 Å². The van der Waals surface area contributed by atoms with Gasteiger partial charge in [0.1, 0.15) is 5.82 Å². The maximum atomic E-state index is 12.8. The van der Waals surface area contributed by atoms with Gasteiger partial charge in [0.25, 0.3) is 0 Å². The van der Waals surface area contributed by atoms with E-state index >= 15 is 0 Å². The molecule has 130 valence electrons. The third-order valence-electron chi connectivity index (χ3n) is 3.52. The van der Waals surface area contributed by atoms with Gasteiger partial charge in [0.15, 0.2) is 11.6 Å². The second-order valence-electron chi connectivity index (χ2n) is 5.52. The largest absolute Gasteiger partial charge is 0.295 e. The number of hydrogen-bond acceptors (Lipinski definition) is 2. The average Bonchev–Trinajstić information content (AvgIpc) is 2.63. The minimum absolute atomic E-state index is 0. The van der Waals surface area contributed by atoms with Crippen LogP contribution in [0.15, 0.2) is 67.3 Å². The van der Waals surface area contributed by atoms with Crippen LogP contribution in [-0.2, 0) is 11.2 Å². The van der Waals surface area contributed by atoms with Crippen LogP contribution in [0.1, 0.15) is 35.8 Å². The molecule has 0 aliphatic heterocycles. The number of ketones is 2. The van der Waals surface area contributed by atoms with Crippen LogP contribution < -0.4 is 0 Å². The molecule has 0 unspecified atom stereocenters. The number of carbonyl (C=O) groups excluding carboxylic acids is 2. The molecular weight excluding hydrogens is 315 g/mol. The van der Waals surface area contributed by atoms with Gasteiger partial charge in [0, 0.05) is 7.85 Å². The molecule has 0 bridgehead atoms. The molecule has 0 saturated carbocycles. The van der Waals surface area contributed by atoms with Crippen molar-refractivity contribution in [2.45, 2.75) is 26.2 Å². The van der Waals surface area contributed by atoms with Gasteiger partial charge < -0.3 is 0 Å². The van der Waals surface area contributed by atoms with Crippen LogP contribution >= 0.6 is 0 Å². The Kier molecular flexibility index (Phi) is 8.80. The van der Waals surface area contributed by atoms with Crippen LogP contribution in [-0.4, -0.2) is 11.6 Å². The summed E-state index contributed by atoms with van der Waals surface area (Å²) in [5.74, 6) is -0.863. The summed E-state index contributed by atoms with van der Waals surface area (Å²) in [6.45, 7) is 10.4. The highest BCUT2D eigenvalue weighted by atomic mass is 19.1. The molecule has 2 rings (SSSR count). The lowest BCUT2D eigenvalue weighted by Gasteiger charge is -2.00. The Morgan fingerprint density at radius 2 is 1.80 bits per heavy atom. The third kappa shape index (κ3) is 7.53. The second-order valence-corrected chi connectivity index (χ2v) is 5.52. The van der Waals surface area contributed by atoms with Crippen molar-refractivity contribution in [3.05, 3.63) is 96.3 Å². The van der Waals surface area contributed by atoms with Crippen LogP contribution in [0.5, 0.6) is 0 Å². The lowest BCUT2D eigenvalue weighted by atomic mass is 10.1. The van der Waals surface area contributed by atoms with Crippen molar-refractivity contribution in [1.82, 2.24) is 0 Å². The van der Waals surface area contributed by atoms with Crippen LogP contribution in [0, 0.1) is 19.3 Å². The lowest BCUT2D eigenvalue weighted by Crippen LogP contribution is -1.96. The van der Waals surface area contributed by atoms with Gasteiger partial charge in [-0.3, -0.25) is 9.59 Å². The van der Waals surface area contributed by atoms with E-state index in [0.29, 0.717) is 6.42 Å². The summed E-state index contributed by atoms with van der Waals surface area (Å²) >= 11 is 0. The van der Waals surface area contributed by atoms with E-state index in [2.05, 4.69) is 37.8 Å². The van der Waals surface area contributed by atoms with Gasteiger partial charge in [0.2, 0.25) is 0 Å². The van der Waals surface area contributed by atoms with Crippen LogP contribution in [0.25, 0.3) is 0 Å². The van der Waals surface area contributed by atoms with E-state index < -0.39 is 5.82 Å². The summed E-state index contributed by atoms with van der Waals surface area (Å²) in [6, 6.07) is 14.2. The van der Waals surface area contributed by atoms with Crippen LogP contribution in [0.4, 0.5) is 4.39 Å². The normalized spacial score (nSPS) is 9.52. The second kappa shape index (κ2) is 10.9. The summed E-state index contributed by atoms with van der Waals surface area (Å²) in [4.78, 5) is 21.8. The van der Waals surface area contributed by atoms with Crippen LogP contribution in [0.2, 0.25) is 0 Å². The van der Waals surface area contributed by atoms with E-state index in [-0.39, 0.29) is 18.6 Å². The summed E-state index contributed by atoms with van der Waals surface area (Å²) in [7, 11) is 0. The van der Waals surface area contributed by atoms with Gasteiger partial charge >= 0.3 is 0 Å². The average molecular weight is 338 g/mol. The van der Waals surface area contributed by atoms with Crippen molar-refractivity contribution in [2.24, 2.45) is 0 Å². The smallest absolute Gasteiger partial charge is 0.188 e. The molecule has 0 spiro atoms. The monoisotopic (exact) mass is 338 g/mol. The summed E-state index contributed by atoms with van der Waals surface area (Å²) < 4.78 is 12.8. The van der Waals surface area contributed by atoms with Crippen LogP contribution in [0.3, 0.4) is 0 Å². The lowest BCUT2D eigenvalue weighted by molar-refractivity contribution is -0.114. The molecule has 0 aromatic heterocycles. The quantitative estimate of drug-likeness (QED) is 0.515. The number of carbonyl (C=O) groups is 2. The first-order chi connectivity index (χ1) is 12.0. The fraction of sp³-hybridized carbons (Fsp3) is 0.182. The molecule has 25 heavy (non-hydrogen) atoms. The minimum Gasteiger partial charge on any atom is -0.295 e. The molecule has 2 nitrogen and oxygen atoms in total. The van der Waals surface area contributed by atoms with Gasteiger partial charge in [-0.25, -0.2) is 4.39 Å². The zero-order valence-electron chi connectivity index (χ0n) is 15.4. The van der Waals surface area contributed by atoms with Gasteiger partial charge in [-0.1, -0.05) is 55.1 Å². The first-order valence-electron chi connectivity index (χ1n) is 8.02. The fourth-order valence-corrected chi connectivity index (χ4v) is 2.08. The zero-order valence-corrected chi connectivity index (χ0v) is 14.4.